The fourth-order valence-corrected chi connectivity index (χ4v) is 3.69. The topological polar surface area (TPSA) is 53.4 Å². The summed E-state index contributed by atoms with van der Waals surface area (Å²) in [5, 5.41) is 2.99. The van der Waals surface area contributed by atoms with Crippen LogP contribution in [-0.4, -0.2) is 58.5 Å². The molecule has 156 valence electrons. The maximum Gasteiger partial charge on any atom is 0.255 e. The fraction of sp³-hybridized carbons (Fsp3) is 0.333. The van der Waals surface area contributed by atoms with Gasteiger partial charge in [0.1, 0.15) is 5.82 Å². The lowest BCUT2D eigenvalue weighted by molar-refractivity contribution is 0.102. The van der Waals surface area contributed by atoms with E-state index >= 15 is 0 Å². The fourth-order valence-electron chi connectivity index (χ4n) is 3.69. The van der Waals surface area contributed by atoms with Gasteiger partial charge in [0, 0.05) is 62.9 Å². The zero-order valence-electron chi connectivity index (χ0n) is 17.7. The minimum absolute atomic E-state index is 0.0839. The van der Waals surface area contributed by atoms with Crippen LogP contribution < -0.4 is 5.32 Å². The standard InChI is InChI=1S/C24H29N5O/c1-19-25-11-12-29(19)18-21-5-9-23(10-6-21)26-24(30)22-7-3-20(4-8-22)17-28-15-13-27(2)14-16-28/h3-12H,13-18H2,1-2H3,(H,26,30). The molecule has 1 aliphatic heterocycles. The number of imidazole rings is 1. The van der Waals surface area contributed by atoms with E-state index in [1.165, 1.54) is 11.1 Å². The van der Waals surface area contributed by atoms with E-state index < -0.39 is 0 Å². The number of anilines is 1. The second-order valence-corrected chi connectivity index (χ2v) is 8.03. The molecule has 1 aliphatic rings. The lowest BCUT2D eigenvalue weighted by Crippen LogP contribution is -2.43. The van der Waals surface area contributed by atoms with Crippen molar-refractivity contribution in [2.24, 2.45) is 0 Å². The highest BCUT2D eigenvalue weighted by Gasteiger charge is 2.14. The van der Waals surface area contributed by atoms with Crippen molar-refractivity contribution >= 4 is 11.6 Å². The molecule has 30 heavy (non-hydrogen) atoms. The summed E-state index contributed by atoms with van der Waals surface area (Å²) in [6, 6.07) is 15.9. The number of rotatable bonds is 6. The number of amides is 1. The van der Waals surface area contributed by atoms with Gasteiger partial charge in [-0.05, 0) is 49.4 Å². The number of likely N-dealkylation sites (N-methyl/N-ethyl adjacent to an activating group) is 1. The molecule has 0 unspecified atom stereocenters. The Morgan fingerprint density at radius 1 is 0.933 bits per heavy atom. The number of carbonyl (C=O) groups is 1. The Morgan fingerprint density at radius 2 is 1.57 bits per heavy atom. The Labute approximate surface area is 178 Å². The summed E-state index contributed by atoms with van der Waals surface area (Å²) in [6.07, 6.45) is 3.78. The van der Waals surface area contributed by atoms with Crippen LogP contribution >= 0.6 is 0 Å². The van der Waals surface area contributed by atoms with Gasteiger partial charge in [0.2, 0.25) is 0 Å². The second-order valence-electron chi connectivity index (χ2n) is 8.03. The zero-order valence-corrected chi connectivity index (χ0v) is 17.7. The first kappa shape index (κ1) is 20.3. The number of hydrogen-bond acceptors (Lipinski definition) is 4. The van der Waals surface area contributed by atoms with Crippen LogP contribution in [0.25, 0.3) is 0 Å². The Bertz CT molecular complexity index is 970. The van der Waals surface area contributed by atoms with Gasteiger partial charge in [0.05, 0.1) is 0 Å². The number of piperazine rings is 1. The predicted octanol–water partition coefficient (Wildman–Crippen LogP) is 3.24. The van der Waals surface area contributed by atoms with E-state index in [1.807, 2.05) is 49.5 Å². The Hall–Kier alpha value is -2.96. The van der Waals surface area contributed by atoms with Crippen LogP contribution in [-0.2, 0) is 13.1 Å². The number of aryl methyl sites for hydroxylation is 1. The van der Waals surface area contributed by atoms with Crippen LogP contribution in [0.5, 0.6) is 0 Å². The molecule has 0 bridgehead atoms. The average Bonchev–Trinajstić information content (AvgIpc) is 3.16. The molecule has 0 spiro atoms. The molecule has 1 saturated heterocycles. The van der Waals surface area contributed by atoms with E-state index in [1.54, 1.807) is 6.20 Å². The quantitative estimate of drug-likeness (QED) is 0.687. The summed E-state index contributed by atoms with van der Waals surface area (Å²) >= 11 is 0. The highest BCUT2D eigenvalue weighted by molar-refractivity contribution is 6.04. The number of carbonyl (C=O) groups excluding carboxylic acids is 1. The van der Waals surface area contributed by atoms with Crippen LogP contribution in [0.2, 0.25) is 0 Å². The Morgan fingerprint density at radius 3 is 2.20 bits per heavy atom. The van der Waals surface area contributed by atoms with Gasteiger partial charge < -0.3 is 14.8 Å². The van der Waals surface area contributed by atoms with Crippen molar-refractivity contribution in [3.63, 3.8) is 0 Å². The van der Waals surface area contributed by atoms with Crippen LogP contribution in [0, 0.1) is 6.92 Å². The average molecular weight is 404 g/mol. The summed E-state index contributed by atoms with van der Waals surface area (Å²) in [5.74, 6) is 0.905. The Kier molecular flexibility index (Phi) is 6.26. The normalized spacial score (nSPS) is 15.3. The maximum atomic E-state index is 12.6. The molecule has 1 N–H and O–H groups in total. The third-order valence-corrected chi connectivity index (χ3v) is 5.71. The molecular formula is C24H29N5O. The molecule has 3 aromatic rings. The third-order valence-electron chi connectivity index (χ3n) is 5.71. The van der Waals surface area contributed by atoms with Gasteiger partial charge in [-0.1, -0.05) is 24.3 Å². The third kappa shape index (κ3) is 5.14. The smallest absolute Gasteiger partial charge is 0.255 e. The van der Waals surface area contributed by atoms with Crippen LogP contribution in [0.15, 0.2) is 60.9 Å². The summed E-state index contributed by atoms with van der Waals surface area (Å²) in [5.41, 5.74) is 3.89. The zero-order chi connectivity index (χ0) is 20.9. The molecule has 6 nitrogen and oxygen atoms in total. The predicted molar refractivity (Wildman–Crippen MR) is 120 cm³/mol. The van der Waals surface area contributed by atoms with Crippen molar-refractivity contribution < 1.29 is 4.79 Å². The van der Waals surface area contributed by atoms with Gasteiger partial charge in [0.15, 0.2) is 0 Å². The van der Waals surface area contributed by atoms with Gasteiger partial charge >= 0.3 is 0 Å². The lowest BCUT2D eigenvalue weighted by atomic mass is 10.1. The van der Waals surface area contributed by atoms with E-state index in [-0.39, 0.29) is 5.91 Å². The highest BCUT2D eigenvalue weighted by atomic mass is 16.1. The minimum Gasteiger partial charge on any atom is -0.331 e. The molecule has 0 atom stereocenters. The molecular weight excluding hydrogens is 374 g/mol. The van der Waals surface area contributed by atoms with E-state index in [0.717, 1.165) is 50.8 Å². The number of nitrogens with one attached hydrogen (secondary N) is 1. The van der Waals surface area contributed by atoms with Crippen molar-refractivity contribution in [2.75, 3.05) is 38.5 Å². The monoisotopic (exact) mass is 403 g/mol. The van der Waals surface area contributed by atoms with Crippen molar-refractivity contribution in [3.8, 4) is 0 Å². The van der Waals surface area contributed by atoms with Gasteiger partial charge in [-0.25, -0.2) is 4.98 Å². The first-order chi connectivity index (χ1) is 14.6. The van der Waals surface area contributed by atoms with Crippen LogP contribution in [0.4, 0.5) is 5.69 Å². The summed E-state index contributed by atoms with van der Waals surface area (Å²) < 4.78 is 2.09. The number of aromatic nitrogens is 2. The Balaban J connectivity index is 1.31. The summed E-state index contributed by atoms with van der Waals surface area (Å²) in [6.45, 7) is 8.11. The molecule has 0 saturated carbocycles. The van der Waals surface area contributed by atoms with E-state index in [2.05, 4.69) is 43.8 Å². The first-order valence-corrected chi connectivity index (χ1v) is 10.4. The molecule has 0 radical (unpaired) electrons. The molecule has 1 amide bonds. The molecule has 4 rings (SSSR count). The molecule has 2 aromatic carbocycles. The van der Waals surface area contributed by atoms with Crippen molar-refractivity contribution in [1.29, 1.82) is 0 Å². The molecule has 2 heterocycles. The van der Waals surface area contributed by atoms with E-state index in [9.17, 15) is 4.79 Å². The van der Waals surface area contributed by atoms with Gasteiger partial charge in [-0.3, -0.25) is 9.69 Å². The molecule has 6 heteroatoms. The van der Waals surface area contributed by atoms with E-state index in [0.29, 0.717) is 5.56 Å². The van der Waals surface area contributed by atoms with Crippen molar-refractivity contribution in [1.82, 2.24) is 19.4 Å². The van der Waals surface area contributed by atoms with Crippen molar-refractivity contribution in [3.05, 3.63) is 83.4 Å². The van der Waals surface area contributed by atoms with Gasteiger partial charge in [0.25, 0.3) is 5.91 Å². The van der Waals surface area contributed by atoms with Crippen LogP contribution in [0.3, 0.4) is 0 Å². The molecule has 1 aromatic heterocycles. The molecule has 1 fully saturated rings. The number of hydrogen-bond donors (Lipinski definition) is 1. The largest absolute Gasteiger partial charge is 0.331 e. The maximum absolute atomic E-state index is 12.6. The number of benzene rings is 2. The molecule has 0 aliphatic carbocycles. The van der Waals surface area contributed by atoms with Crippen molar-refractivity contribution in [2.45, 2.75) is 20.0 Å². The summed E-state index contributed by atoms with van der Waals surface area (Å²) in [4.78, 5) is 21.7. The van der Waals surface area contributed by atoms with Crippen LogP contribution in [0.1, 0.15) is 27.3 Å². The highest BCUT2D eigenvalue weighted by Crippen LogP contribution is 2.14. The first-order valence-electron chi connectivity index (χ1n) is 10.4. The minimum atomic E-state index is -0.0839. The van der Waals surface area contributed by atoms with Gasteiger partial charge in [-0.15, -0.1) is 0 Å². The summed E-state index contributed by atoms with van der Waals surface area (Å²) in [7, 11) is 2.17. The SMILES string of the molecule is Cc1nccn1Cc1ccc(NC(=O)c2ccc(CN3CCN(C)CC3)cc2)cc1. The second kappa shape index (κ2) is 9.24. The lowest BCUT2D eigenvalue weighted by Gasteiger charge is -2.32. The van der Waals surface area contributed by atoms with Gasteiger partial charge in [-0.2, -0.15) is 0 Å². The number of nitrogens with zero attached hydrogens (tertiary/aromatic N) is 4. The van der Waals surface area contributed by atoms with E-state index in [4.69, 9.17) is 0 Å².